The summed E-state index contributed by atoms with van der Waals surface area (Å²) in [7, 11) is 0. The summed E-state index contributed by atoms with van der Waals surface area (Å²) in [5.74, 6) is 0.558. The molecule has 4 rings (SSSR count). The fraction of sp³-hybridized carbons (Fsp3) is 0.278. The van der Waals surface area contributed by atoms with Crippen LogP contribution in [0, 0.1) is 5.92 Å². The van der Waals surface area contributed by atoms with Crippen LogP contribution in [0.3, 0.4) is 0 Å². The Bertz CT molecular complexity index is 830. The Morgan fingerprint density at radius 3 is 2.71 bits per heavy atom. The quantitative estimate of drug-likeness (QED) is 0.908. The van der Waals surface area contributed by atoms with Crippen molar-refractivity contribution in [2.24, 2.45) is 5.92 Å². The molecule has 1 aliphatic carbocycles. The van der Waals surface area contributed by atoms with E-state index in [-0.39, 0.29) is 23.5 Å². The number of phenols is 1. The van der Waals surface area contributed by atoms with Crippen molar-refractivity contribution < 1.29 is 14.7 Å². The number of benzene rings is 1. The Balaban J connectivity index is 1.50. The number of carbonyl (C=O) groups excluding carboxylic acids is 2. The van der Waals surface area contributed by atoms with Gasteiger partial charge in [0.2, 0.25) is 5.91 Å². The first-order valence-corrected chi connectivity index (χ1v) is 7.97. The number of rotatable bonds is 3. The average Bonchev–Trinajstić information content (AvgIpc) is 3.34. The SMILES string of the molecule is O=C(Nc1cc(C(=O)N2Cc3ccc(O)cc3C2)ccn1)C1CC1. The second-order valence-electron chi connectivity index (χ2n) is 6.31. The van der Waals surface area contributed by atoms with Gasteiger partial charge >= 0.3 is 0 Å². The summed E-state index contributed by atoms with van der Waals surface area (Å²) in [6.07, 6.45) is 3.37. The van der Waals surface area contributed by atoms with Crippen LogP contribution in [0.4, 0.5) is 5.82 Å². The van der Waals surface area contributed by atoms with E-state index in [9.17, 15) is 14.7 Å². The van der Waals surface area contributed by atoms with Gasteiger partial charge in [0.25, 0.3) is 5.91 Å². The maximum absolute atomic E-state index is 12.7. The number of phenolic OH excluding ortho intramolecular Hbond substituents is 1. The number of fused-ring (bicyclic) bond motifs is 1. The molecule has 2 aromatic rings. The summed E-state index contributed by atoms with van der Waals surface area (Å²) in [6.45, 7) is 0.981. The first-order valence-electron chi connectivity index (χ1n) is 7.97. The maximum Gasteiger partial charge on any atom is 0.254 e. The molecule has 2 aliphatic rings. The summed E-state index contributed by atoms with van der Waals surface area (Å²) in [4.78, 5) is 30.4. The lowest BCUT2D eigenvalue weighted by Gasteiger charge is -2.15. The number of hydrogen-bond acceptors (Lipinski definition) is 4. The smallest absolute Gasteiger partial charge is 0.254 e. The van der Waals surface area contributed by atoms with E-state index in [0.717, 1.165) is 24.0 Å². The highest BCUT2D eigenvalue weighted by molar-refractivity contribution is 5.97. The third kappa shape index (κ3) is 2.82. The molecule has 0 spiro atoms. The van der Waals surface area contributed by atoms with Crippen molar-refractivity contribution in [1.29, 1.82) is 0 Å². The van der Waals surface area contributed by atoms with E-state index in [0.29, 0.717) is 24.5 Å². The minimum atomic E-state index is -0.116. The molecule has 24 heavy (non-hydrogen) atoms. The third-order valence-corrected chi connectivity index (χ3v) is 4.41. The van der Waals surface area contributed by atoms with Crippen molar-refractivity contribution in [1.82, 2.24) is 9.88 Å². The molecule has 2 N–H and O–H groups in total. The summed E-state index contributed by atoms with van der Waals surface area (Å²) in [5.41, 5.74) is 2.49. The van der Waals surface area contributed by atoms with Gasteiger partial charge in [0.05, 0.1) is 0 Å². The van der Waals surface area contributed by atoms with Crippen molar-refractivity contribution in [3.8, 4) is 5.75 Å². The molecule has 0 atom stereocenters. The molecule has 0 saturated heterocycles. The van der Waals surface area contributed by atoms with Crippen LogP contribution in [-0.4, -0.2) is 26.8 Å². The highest BCUT2D eigenvalue weighted by Crippen LogP contribution is 2.30. The molecule has 6 nitrogen and oxygen atoms in total. The molecular formula is C18H17N3O3. The number of nitrogens with one attached hydrogen (secondary N) is 1. The van der Waals surface area contributed by atoms with E-state index in [1.54, 1.807) is 29.2 Å². The lowest BCUT2D eigenvalue weighted by Crippen LogP contribution is -2.25. The second kappa shape index (κ2) is 5.63. The second-order valence-corrected chi connectivity index (χ2v) is 6.31. The Labute approximate surface area is 139 Å². The van der Waals surface area contributed by atoms with Crippen LogP contribution >= 0.6 is 0 Å². The highest BCUT2D eigenvalue weighted by Gasteiger charge is 2.30. The van der Waals surface area contributed by atoms with Crippen LogP contribution in [0.5, 0.6) is 5.75 Å². The molecular weight excluding hydrogens is 306 g/mol. The van der Waals surface area contributed by atoms with Gasteiger partial charge in [-0.05, 0) is 48.2 Å². The van der Waals surface area contributed by atoms with E-state index < -0.39 is 0 Å². The van der Waals surface area contributed by atoms with Gasteiger partial charge in [0.1, 0.15) is 11.6 Å². The molecule has 0 bridgehead atoms. The first-order chi connectivity index (χ1) is 11.6. The normalized spacial score (nSPS) is 15.9. The van der Waals surface area contributed by atoms with Crippen LogP contribution in [0.15, 0.2) is 36.5 Å². The van der Waals surface area contributed by atoms with E-state index in [2.05, 4.69) is 10.3 Å². The number of amides is 2. The predicted molar refractivity (Wildman–Crippen MR) is 87.3 cm³/mol. The minimum Gasteiger partial charge on any atom is -0.508 e. The molecule has 1 saturated carbocycles. The number of aromatic nitrogens is 1. The lowest BCUT2D eigenvalue weighted by atomic mass is 10.1. The zero-order valence-electron chi connectivity index (χ0n) is 13.0. The fourth-order valence-electron chi connectivity index (χ4n) is 2.91. The summed E-state index contributed by atoms with van der Waals surface area (Å²) >= 11 is 0. The Morgan fingerprint density at radius 2 is 1.92 bits per heavy atom. The van der Waals surface area contributed by atoms with E-state index in [1.165, 1.54) is 6.20 Å². The number of anilines is 1. The standard InChI is InChI=1S/C18H17N3O3/c22-15-4-3-13-9-21(10-14(13)7-15)18(24)12-5-6-19-16(8-12)20-17(23)11-1-2-11/h3-8,11,22H,1-2,9-10H2,(H,19,20,23). The molecule has 2 amide bonds. The summed E-state index contributed by atoms with van der Waals surface area (Å²) in [5, 5.41) is 12.3. The molecule has 122 valence electrons. The third-order valence-electron chi connectivity index (χ3n) is 4.41. The molecule has 6 heteroatoms. The molecule has 1 fully saturated rings. The molecule has 0 unspecified atom stereocenters. The van der Waals surface area contributed by atoms with Gasteiger partial charge in [-0.15, -0.1) is 0 Å². The van der Waals surface area contributed by atoms with E-state index in [4.69, 9.17) is 0 Å². The molecule has 0 radical (unpaired) electrons. The topological polar surface area (TPSA) is 82.5 Å². The van der Waals surface area contributed by atoms with Crippen molar-refractivity contribution >= 4 is 17.6 Å². The Morgan fingerprint density at radius 1 is 1.12 bits per heavy atom. The van der Waals surface area contributed by atoms with Crippen LogP contribution in [0.25, 0.3) is 0 Å². The van der Waals surface area contributed by atoms with Crippen LogP contribution < -0.4 is 5.32 Å². The number of pyridine rings is 1. The van der Waals surface area contributed by atoms with Crippen LogP contribution in [0.1, 0.15) is 34.3 Å². The highest BCUT2D eigenvalue weighted by atomic mass is 16.3. The number of carbonyl (C=O) groups is 2. The largest absolute Gasteiger partial charge is 0.508 e. The number of aromatic hydroxyl groups is 1. The number of nitrogens with zero attached hydrogens (tertiary/aromatic N) is 2. The molecule has 2 heterocycles. The van der Waals surface area contributed by atoms with Gasteiger partial charge in [-0.25, -0.2) is 4.98 Å². The summed E-state index contributed by atoms with van der Waals surface area (Å²) < 4.78 is 0. The van der Waals surface area contributed by atoms with Gasteiger partial charge in [0.15, 0.2) is 0 Å². The Hall–Kier alpha value is -2.89. The van der Waals surface area contributed by atoms with Gasteiger partial charge in [-0.3, -0.25) is 9.59 Å². The zero-order chi connectivity index (χ0) is 16.7. The van der Waals surface area contributed by atoms with Gasteiger partial charge in [0, 0.05) is 30.8 Å². The average molecular weight is 323 g/mol. The maximum atomic E-state index is 12.7. The van der Waals surface area contributed by atoms with Gasteiger partial charge < -0.3 is 15.3 Å². The van der Waals surface area contributed by atoms with E-state index >= 15 is 0 Å². The lowest BCUT2D eigenvalue weighted by molar-refractivity contribution is -0.117. The molecule has 1 aromatic heterocycles. The van der Waals surface area contributed by atoms with Crippen molar-refractivity contribution in [2.45, 2.75) is 25.9 Å². The summed E-state index contributed by atoms with van der Waals surface area (Å²) in [6, 6.07) is 8.42. The van der Waals surface area contributed by atoms with Crippen molar-refractivity contribution in [2.75, 3.05) is 5.32 Å². The zero-order valence-corrected chi connectivity index (χ0v) is 13.0. The molecule has 1 aromatic carbocycles. The number of hydrogen-bond donors (Lipinski definition) is 2. The van der Waals surface area contributed by atoms with Crippen molar-refractivity contribution in [3.05, 3.63) is 53.2 Å². The monoisotopic (exact) mass is 323 g/mol. The minimum absolute atomic E-state index is 0.0313. The Kier molecular flexibility index (Phi) is 3.45. The van der Waals surface area contributed by atoms with Gasteiger partial charge in [-0.2, -0.15) is 0 Å². The van der Waals surface area contributed by atoms with Gasteiger partial charge in [-0.1, -0.05) is 6.07 Å². The van der Waals surface area contributed by atoms with Crippen molar-refractivity contribution in [3.63, 3.8) is 0 Å². The first kappa shape index (κ1) is 14.7. The fourth-order valence-corrected chi connectivity index (χ4v) is 2.91. The molecule has 1 aliphatic heterocycles. The van der Waals surface area contributed by atoms with Crippen LogP contribution in [-0.2, 0) is 17.9 Å². The van der Waals surface area contributed by atoms with Crippen LogP contribution in [0.2, 0.25) is 0 Å². The van der Waals surface area contributed by atoms with E-state index in [1.807, 2.05) is 6.07 Å². The predicted octanol–water partition coefficient (Wildman–Crippen LogP) is 2.29.